The summed E-state index contributed by atoms with van der Waals surface area (Å²) in [6.07, 6.45) is 2.38. The molecule has 0 fully saturated rings. The summed E-state index contributed by atoms with van der Waals surface area (Å²) >= 11 is 6.11. The van der Waals surface area contributed by atoms with Gasteiger partial charge >= 0.3 is 0 Å². The number of hydrogen-bond acceptors (Lipinski definition) is 2. The van der Waals surface area contributed by atoms with Crippen molar-refractivity contribution in [3.05, 3.63) is 144 Å². The van der Waals surface area contributed by atoms with E-state index in [1.54, 1.807) is 24.3 Å². The minimum Gasteiger partial charge on any atom is -0.339 e. The van der Waals surface area contributed by atoms with Gasteiger partial charge in [0.25, 0.3) is 0 Å². The molecule has 5 heteroatoms. The molecule has 0 spiro atoms. The van der Waals surface area contributed by atoms with Gasteiger partial charge < -0.3 is 4.57 Å². The summed E-state index contributed by atoms with van der Waals surface area (Å²) in [6, 6.07) is 35.9. The van der Waals surface area contributed by atoms with Crippen molar-refractivity contribution in [3.63, 3.8) is 0 Å². The summed E-state index contributed by atoms with van der Waals surface area (Å²) in [4.78, 5) is 0.494. The highest BCUT2D eigenvalue weighted by Gasteiger charge is 2.33. The van der Waals surface area contributed by atoms with Crippen LogP contribution < -0.4 is 0 Å². The Kier molecular flexibility index (Phi) is 7.13. The lowest BCUT2D eigenvalue weighted by Crippen LogP contribution is -2.07. The van der Waals surface area contributed by atoms with Gasteiger partial charge in [-0.25, -0.2) is 8.42 Å². The van der Waals surface area contributed by atoms with Crippen LogP contribution in [0.25, 0.3) is 22.4 Å². The fourth-order valence-electron chi connectivity index (χ4n) is 4.72. The minimum absolute atomic E-state index is 0.202. The van der Waals surface area contributed by atoms with E-state index < -0.39 is 9.84 Å². The van der Waals surface area contributed by atoms with Gasteiger partial charge in [0, 0.05) is 29.2 Å². The van der Waals surface area contributed by atoms with Crippen molar-refractivity contribution < 1.29 is 8.42 Å². The molecule has 0 radical (unpaired) electrons. The molecule has 184 valence electrons. The van der Waals surface area contributed by atoms with E-state index in [1.165, 1.54) is 0 Å². The first-order valence-corrected chi connectivity index (χ1v) is 13.9. The summed E-state index contributed by atoms with van der Waals surface area (Å²) in [5.41, 5.74) is 5.05. The standard InChI is InChI=1S/C32H26ClNO2S/c1-2-22-34-29(23-24-12-6-3-7-13-24)30(25-14-8-4-9-15-25)32(31(34)26-16-10-5-11-17-26)37(35,36)28-20-18-27(33)19-21-28/h2-21H,1,22-23H2. The van der Waals surface area contributed by atoms with Crippen molar-refractivity contribution in [1.82, 2.24) is 4.57 Å². The number of hydrogen-bond donors (Lipinski definition) is 0. The second-order valence-electron chi connectivity index (χ2n) is 8.75. The van der Waals surface area contributed by atoms with Gasteiger partial charge in [-0.15, -0.1) is 6.58 Å². The zero-order valence-electron chi connectivity index (χ0n) is 20.2. The number of allylic oxidation sites excluding steroid dienone is 1. The highest BCUT2D eigenvalue weighted by molar-refractivity contribution is 7.91. The monoisotopic (exact) mass is 523 g/mol. The minimum atomic E-state index is -3.94. The van der Waals surface area contributed by atoms with Crippen LogP contribution in [0, 0.1) is 0 Å². The quantitative estimate of drug-likeness (QED) is 0.193. The van der Waals surface area contributed by atoms with Gasteiger partial charge in [0.2, 0.25) is 9.84 Å². The first-order chi connectivity index (χ1) is 18.0. The highest BCUT2D eigenvalue weighted by atomic mass is 35.5. The van der Waals surface area contributed by atoms with E-state index in [0.717, 1.165) is 22.4 Å². The molecule has 0 aliphatic carbocycles. The van der Waals surface area contributed by atoms with E-state index in [2.05, 4.69) is 23.3 Å². The molecule has 5 rings (SSSR count). The number of aromatic nitrogens is 1. The Labute approximate surface area is 223 Å². The maximum absolute atomic E-state index is 14.5. The molecule has 5 aromatic rings. The molecule has 0 aliphatic rings. The predicted octanol–water partition coefficient (Wildman–Crippen LogP) is 8.09. The van der Waals surface area contributed by atoms with Crippen molar-refractivity contribution in [2.24, 2.45) is 0 Å². The molecule has 1 heterocycles. The molecule has 0 saturated heterocycles. The molecular weight excluding hydrogens is 498 g/mol. The molecule has 0 saturated carbocycles. The summed E-state index contributed by atoms with van der Waals surface area (Å²) < 4.78 is 31.0. The maximum atomic E-state index is 14.5. The zero-order valence-corrected chi connectivity index (χ0v) is 21.8. The number of nitrogens with zero attached hydrogens (tertiary/aromatic N) is 1. The third-order valence-corrected chi connectivity index (χ3v) is 8.43. The van der Waals surface area contributed by atoms with Crippen molar-refractivity contribution in [3.8, 4) is 22.4 Å². The number of benzene rings is 4. The second kappa shape index (κ2) is 10.6. The van der Waals surface area contributed by atoms with Gasteiger partial charge in [-0.05, 0) is 41.0 Å². The Hall–Kier alpha value is -3.86. The SMILES string of the molecule is C=CCn1c(Cc2ccccc2)c(-c2ccccc2)c(S(=O)(=O)c2ccc(Cl)cc2)c1-c1ccccc1. The largest absolute Gasteiger partial charge is 0.339 e. The van der Waals surface area contributed by atoms with Gasteiger partial charge in [0.15, 0.2) is 0 Å². The Morgan fingerprint density at radius 1 is 0.730 bits per heavy atom. The van der Waals surface area contributed by atoms with Crippen LogP contribution in [0.15, 0.2) is 138 Å². The van der Waals surface area contributed by atoms with E-state index >= 15 is 0 Å². The number of rotatable bonds is 8. The molecule has 0 amide bonds. The lowest BCUT2D eigenvalue weighted by Gasteiger charge is -2.13. The Morgan fingerprint density at radius 2 is 1.27 bits per heavy atom. The smallest absolute Gasteiger partial charge is 0.209 e. The first-order valence-electron chi connectivity index (χ1n) is 12.0. The van der Waals surface area contributed by atoms with Crippen molar-refractivity contribution in [1.29, 1.82) is 0 Å². The third kappa shape index (κ3) is 4.91. The first kappa shape index (κ1) is 24.8. The zero-order chi connectivity index (χ0) is 25.8. The molecule has 1 aromatic heterocycles. The summed E-state index contributed by atoms with van der Waals surface area (Å²) in [5, 5.41) is 0.486. The van der Waals surface area contributed by atoms with Crippen molar-refractivity contribution >= 4 is 21.4 Å². The fraction of sp³-hybridized carbons (Fsp3) is 0.0625. The van der Waals surface area contributed by atoms with Crippen LogP contribution in [0.3, 0.4) is 0 Å². The van der Waals surface area contributed by atoms with Crippen LogP contribution >= 0.6 is 11.6 Å². The lowest BCUT2D eigenvalue weighted by atomic mass is 10.0. The molecule has 0 aliphatic heterocycles. The van der Waals surface area contributed by atoms with Gasteiger partial charge in [-0.3, -0.25) is 0 Å². The Balaban J connectivity index is 1.93. The van der Waals surface area contributed by atoms with Crippen LogP contribution in [0.5, 0.6) is 0 Å². The van der Waals surface area contributed by atoms with Gasteiger partial charge in [0.05, 0.1) is 10.6 Å². The molecule has 37 heavy (non-hydrogen) atoms. The van der Waals surface area contributed by atoms with Crippen LogP contribution in [0.4, 0.5) is 0 Å². The van der Waals surface area contributed by atoms with E-state index in [-0.39, 0.29) is 4.90 Å². The summed E-state index contributed by atoms with van der Waals surface area (Å²) in [5.74, 6) is 0. The second-order valence-corrected chi connectivity index (χ2v) is 11.1. The predicted molar refractivity (Wildman–Crippen MR) is 152 cm³/mol. The molecule has 3 nitrogen and oxygen atoms in total. The lowest BCUT2D eigenvalue weighted by molar-refractivity contribution is 0.596. The maximum Gasteiger partial charge on any atom is 0.209 e. The van der Waals surface area contributed by atoms with Crippen LogP contribution in [-0.4, -0.2) is 13.0 Å². The van der Waals surface area contributed by atoms with E-state index in [9.17, 15) is 8.42 Å². The molecule has 0 atom stereocenters. The number of sulfone groups is 1. The average Bonchev–Trinajstić information content (AvgIpc) is 3.25. The molecule has 0 N–H and O–H groups in total. The number of halogens is 1. The molecular formula is C32H26ClNO2S. The van der Waals surface area contributed by atoms with Gasteiger partial charge in [-0.1, -0.05) is 109 Å². The van der Waals surface area contributed by atoms with Crippen molar-refractivity contribution in [2.45, 2.75) is 22.8 Å². The normalized spacial score (nSPS) is 11.4. The summed E-state index contributed by atoms with van der Waals surface area (Å²) in [6.45, 7) is 4.46. The molecule has 0 bridgehead atoms. The molecule has 4 aromatic carbocycles. The topological polar surface area (TPSA) is 39.1 Å². The van der Waals surface area contributed by atoms with Crippen LogP contribution in [0.1, 0.15) is 11.3 Å². The van der Waals surface area contributed by atoms with E-state index in [0.29, 0.717) is 34.1 Å². The average molecular weight is 524 g/mol. The van der Waals surface area contributed by atoms with Gasteiger partial charge in [0.1, 0.15) is 4.90 Å². The van der Waals surface area contributed by atoms with E-state index in [4.69, 9.17) is 11.6 Å². The third-order valence-electron chi connectivity index (χ3n) is 6.35. The Morgan fingerprint density at radius 3 is 1.84 bits per heavy atom. The van der Waals surface area contributed by atoms with Gasteiger partial charge in [-0.2, -0.15) is 0 Å². The Bertz CT molecular complexity index is 1620. The fourth-order valence-corrected chi connectivity index (χ4v) is 6.57. The summed E-state index contributed by atoms with van der Waals surface area (Å²) in [7, 11) is -3.94. The van der Waals surface area contributed by atoms with Crippen molar-refractivity contribution in [2.75, 3.05) is 0 Å². The van der Waals surface area contributed by atoms with E-state index in [1.807, 2.05) is 84.9 Å². The highest BCUT2D eigenvalue weighted by Crippen LogP contribution is 2.44. The van der Waals surface area contributed by atoms with Crippen LogP contribution in [-0.2, 0) is 22.8 Å². The molecule has 0 unspecified atom stereocenters. The van der Waals surface area contributed by atoms with Crippen LogP contribution in [0.2, 0.25) is 5.02 Å².